The number of carbonyl (C=O) groups is 3. The molecule has 0 unspecified atom stereocenters. The number of anilines is 2. The average molecular weight is 392 g/mol. The van der Waals surface area contributed by atoms with Crippen LogP contribution in [0.5, 0.6) is 0 Å². The second-order valence-electron chi connectivity index (χ2n) is 6.09. The summed E-state index contributed by atoms with van der Waals surface area (Å²) in [6.07, 6.45) is 0.293. The number of amides is 2. The number of rotatable bonds is 6. The standard InChI is InChI=1S/C21H20N4O4/c1-3-19(26)23-18-13-17(24-25(18)16-10-5-4-6-11-16)20(27)22-15-9-7-8-14(12-15)21(28)29-2/h4-13H,3H2,1-2H3,(H,22,27)(H,23,26). The molecule has 0 spiro atoms. The second-order valence-corrected chi connectivity index (χ2v) is 6.09. The Morgan fingerprint density at radius 3 is 2.45 bits per heavy atom. The maximum atomic E-state index is 12.7. The lowest BCUT2D eigenvalue weighted by Gasteiger charge is -2.07. The van der Waals surface area contributed by atoms with Gasteiger partial charge in [0.25, 0.3) is 5.91 Å². The first-order chi connectivity index (χ1) is 14.0. The predicted molar refractivity (Wildman–Crippen MR) is 108 cm³/mol. The van der Waals surface area contributed by atoms with Crippen LogP contribution in [0.15, 0.2) is 60.7 Å². The smallest absolute Gasteiger partial charge is 0.337 e. The Morgan fingerprint density at radius 2 is 1.76 bits per heavy atom. The van der Waals surface area contributed by atoms with Gasteiger partial charge in [-0.3, -0.25) is 9.59 Å². The van der Waals surface area contributed by atoms with Crippen LogP contribution in [0.3, 0.4) is 0 Å². The Hall–Kier alpha value is -3.94. The van der Waals surface area contributed by atoms with Crippen LogP contribution in [0.1, 0.15) is 34.2 Å². The molecule has 148 valence electrons. The second kappa shape index (κ2) is 8.83. The Balaban J connectivity index is 1.89. The highest BCUT2D eigenvalue weighted by atomic mass is 16.5. The average Bonchev–Trinajstić information content (AvgIpc) is 3.17. The number of aromatic nitrogens is 2. The minimum Gasteiger partial charge on any atom is -0.465 e. The van der Waals surface area contributed by atoms with Crippen LogP contribution in [0.2, 0.25) is 0 Å². The predicted octanol–water partition coefficient (Wildman–Crippen LogP) is 3.26. The molecule has 0 aliphatic carbocycles. The maximum absolute atomic E-state index is 12.7. The van der Waals surface area contributed by atoms with Gasteiger partial charge in [-0.05, 0) is 30.3 Å². The maximum Gasteiger partial charge on any atom is 0.337 e. The van der Waals surface area contributed by atoms with Crippen LogP contribution in [-0.4, -0.2) is 34.7 Å². The number of hydrogen-bond acceptors (Lipinski definition) is 5. The summed E-state index contributed by atoms with van der Waals surface area (Å²) in [6, 6.07) is 17.0. The van der Waals surface area contributed by atoms with Crippen molar-refractivity contribution in [3.63, 3.8) is 0 Å². The number of ether oxygens (including phenoxy) is 1. The summed E-state index contributed by atoms with van der Waals surface area (Å²) >= 11 is 0. The van der Waals surface area contributed by atoms with Gasteiger partial charge in [0, 0.05) is 18.2 Å². The molecule has 2 amide bonds. The molecule has 8 heteroatoms. The molecule has 0 bridgehead atoms. The van der Waals surface area contributed by atoms with Crippen molar-refractivity contribution >= 4 is 29.3 Å². The number of carbonyl (C=O) groups excluding carboxylic acids is 3. The molecule has 2 N–H and O–H groups in total. The molecule has 0 saturated carbocycles. The first-order valence-electron chi connectivity index (χ1n) is 8.97. The van der Waals surface area contributed by atoms with Crippen molar-refractivity contribution in [3.8, 4) is 5.69 Å². The summed E-state index contributed by atoms with van der Waals surface area (Å²) in [5, 5.41) is 9.79. The summed E-state index contributed by atoms with van der Waals surface area (Å²) in [6.45, 7) is 1.74. The van der Waals surface area contributed by atoms with Crippen LogP contribution < -0.4 is 10.6 Å². The number of esters is 1. The van der Waals surface area contributed by atoms with Gasteiger partial charge in [0.05, 0.1) is 18.4 Å². The molecule has 0 aliphatic heterocycles. The molecule has 0 fully saturated rings. The van der Waals surface area contributed by atoms with E-state index < -0.39 is 11.9 Å². The summed E-state index contributed by atoms with van der Waals surface area (Å²) in [5.74, 6) is -0.788. The molecule has 0 radical (unpaired) electrons. The fraction of sp³-hybridized carbons (Fsp3) is 0.143. The quantitative estimate of drug-likeness (QED) is 0.627. The molecular weight excluding hydrogens is 372 g/mol. The van der Waals surface area contributed by atoms with Crippen LogP contribution in [0, 0.1) is 0 Å². The van der Waals surface area contributed by atoms with Crippen LogP contribution >= 0.6 is 0 Å². The van der Waals surface area contributed by atoms with Gasteiger partial charge in [-0.2, -0.15) is 5.10 Å². The van der Waals surface area contributed by atoms with Crippen molar-refractivity contribution in [1.29, 1.82) is 0 Å². The van der Waals surface area contributed by atoms with Crippen LogP contribution in [0.25, 0.3) is 5.69 Å². The van der Waals surface area contributed by atoms with Gasteiger partial charge in [-0.25, -0.2) is 9.48 Å². The number of nitrogens with zero attached hydrogens (tertiary/aromatic N) is 2. The van der Waals surface area contributed by atoms with E-state index in [4.69, 9.17) is 0 Å². The van der Waals surface area contributed by atoms with E-state index in [2.05, 4.69) is 20.5 Å². The van der Waals surface area contributed by atoms with Crippen LogP contribution in [-0.2, 0) is 9.53 Å². The molecule has 0 saturated heterocycles. The van der Waals surface area contributed by atoms with E-state index in [0.717, 1.165) is 0 Å². The molecule has 0 atom stereocenters. The third kappa shape index (κ3) is 4.67. The molecule has 1 aromatic heterocycles. The summed E-state index contributed by atoms with van der Waals surface area (Å²) in [4.78, 5) is 36.2. The summed E-state index contributed by atoms with van der Waals surface area (Å²) in [5.41, 5.74) is 1.55. The van der Waals surface area contributed by atoms with Crippen molar-refractivity contribution in [3.05, 3.63) is 71.9 Å². The highest BCUT2D eigenvalue weighted by molar-refractivity contribution is 6.04. The number of para-hydroxylation sites is 1. The topological polar surface area (TPSA) is 102 Å². The fourth-order valence-corrected chi connectivity index (χ4v) is 2.62. The van der Waals surface area contributed by atoms with Gasteiger partial charge in [0.15, 0.2) is 5.69 Å². The van der Waals surface area contributed by atoms with Crippen molar-refractivity contribution < 1.29 is 19.1 Å². The zero-order chi connectivity index (χ0) is 20.8. The monoisotopic (exact) mass is 392 g/mol. The van der Waals surface area contributed by atoms with Crippen molar-refractivity contribution in [1.82, 2.24) is 9.78 Å². The highest BCUT2D eigenvalue weighted by Crippen LogP contribution is 2.19. The summed E-state index contributed by atoms with van der Waals surface area (Å²) < 4.78 is 6.18. The molecule has 8 nitrogen and oxygen atoms in total. The fourth-order valence-electron chi connectivity index (χ4n) is 2.62. The minimum atomic E-state index is -0.501. The molecule has 1 heterocycles. The van der Waals surface area contributed by atoms with Crippen molar-refractivity contribution in [2.45, 2.75) is 13.3 Å². The zero-order valence-corrected chi connectivity index (χ0v) is 16.0. The molecule has 3 rings (SSSR count). The third-order valence-corrected chi connectivity index (χ3v) is 4.07. The van der Waals surface area contributed by atoms with E-state index in [0.29, 0.717) is 29.2 Å². The van der Waals surface area contributed by atoms with Gasteiger partial charge >= 0.3 is 5.97 Å². The van der Waals surface area contributed by atoms with E-state index in [1.165, 1.54) is 23.9 Å². The largest absolute Gasteiger partial charge is 0.465 e. The lowest BCUT2D eigenvalue weighted by Crippen LogP contribution is -2.14. The Bertz CT molecular complexity index is 1040. The SMILES string of the molecule is CCC(=O)Nc1cc(C(=O)Nc2cccc(C(=O)OC)c2)nn1-c1ccccc1. The zero-order valence-electron chi connectivity index (χ0n) is 16.0. The van der Waals surface area contributed by atoms with Gasteiger partial charge < -0.3 is 15.4 Å². The molecule has 29 heavy (non-hydrogen) atoms. The molecule has 3 aromatic rings. The normalized spacial score (nSPS) is 10.3. The minimum absolute atomic E-state index is 0.115. The van der Waals surface area contributed by atoms with E-state index >= 15 is 0 Å². The lowest BCUT2D eigenvalue weighted by atomic mass is 10.2. The van der Waals surface area contributed by atoms with Gasteiger partial charge in [-0.1, -0.05) is 31.2 Å². The Kier molecular flexibility index (Phi) is 6.03. The van der Waals surface area contributed by atoms with E-state index in [1.54, 1.807) is 25.1 Å². The summed E-state index contributed by atoms with van der Waals surface area (Å²) in [7, 11) is 1.29. The first-order valence-corrected chi connectivity index (χ1v) is 8.97. The van der Waals surface area contributed by atoms with E-state index in [-0.39, 0.29) is 11.6 Å². The Labute approximate surface area is 167 Å². The first kappa shape index (κ1) is 19.8. The number of benzene rings is 2. The third-order valence-electron chi connectivity index (χ3n) is 4.07. The number of methoxy groups -OCH3 is 1. The van der Waals surface area contributed by atoms with Crippen LogP contribution in [0.4, 0.5) is 11.5 Å². The van der Waals surface area contributed by atoms with Gasteiger partial charge in [-0.15, -0.1) is 0 Å². The number of nitrogens with one attached hydrogen (secondary N) is 2. The highest BCUT2D eigenvalue weighted by Gasteiger charge is 2.17. The van der Waals surface area contributed by atoms with Crippen molar-refractivity contribution in [2.75, 3.05) is 17.7 Å². The molecule has 0 aliphatic rings. The lowest BCUT2D eigenvalue weighted by molar-refractivity contribution is -0.115. The van der Waals surface area contributed by atoms with Crippen molar-refractivity contribution in [2.24, 2.45) is 0 Å². The Morgan fingerprint density at radius 1 is 1.00 bits per heavy atom. The van der Waals surface area contributed by atoms with E-state index in [1.807, 2.05) is 30.3 Å². The van der Waals surface area contributed by atoms with Gasteiger partial charge in [0.2, 0.25) is 5.91 Å². The molecule has 2 aromatic carbocycles. The van der Waals surface area contributed by atoms with Gasteiger partial charge in [0.1, 0.15) is 5.82 Å². The number of hydrogen-bond donors (Lipinski definition) is 2. The molecular formula is C21H20N4O4. The van der Waals surface area contributed by atoms with E-state index in [9.17, 15) is 14.4 Å².